The Hall–Kier alpha value is -5.64. The number of ether oxygens (including phenoxy) is 1. The van der Waals surface area contributed by atoms with E-state index in [9.17, 15) is 37.0 Å². The number of pyridine rings is 2. The van der Waals surface area contributed by atoms with Crippen molar-refractivity contribution in [3.8, 4) is 16.9 Å². The highest BCUT2D eigenvalue weighted by atomic mass is 32.2. The number of likely N-dealkylation sites (tertiary alicyclic amines) is 1. The normalized spacial score (nSPS) is 15.7. The number of hydrogen-bond donors (Lipinski definition) is 5. The van der Waals surface area contributed by atoms with Crippen LogP contribution in [-0.2, 0) is 39.5 Å². The molecule has 0 spiro atoms. The Morgan fingerprint density at radius 2 is 1.71 bits per heavy atom. The van der Waals surface area contributed by atoms with Gasteiger partial charge in [-0.05, 0) is 75.8 Å². The van der Waals surface area contributed by atoms with Crippen LogP contribution in [0.2, 0.25) is 0 Å². The van der Waals surface area contributed by atoms with Gasteiger partial charge in [-0.25, -0.2) is 23.0 Å². The molecule has 4 atom stereocenters. The Bertz CT molecular complexity index is 2240. The first-order valence-electron chi connectivity index (χ1n) is 20.5. The third-order valence-electron chi connectivity index (χ3n) is 10.2. The van der Waals surface area contributed by atoms with Gasteiger partial charge in [0.25, 0.3) is 5.91 Å². The first-order chi connectivity index (χ1) is 29.8. The molecule has 3 aromatic rings. The Kier molecular flexibility index (Phi) is 18.4. The van der Waals surface area contributed by atoms with Gasteiger partial charge in [-0.1, -0.05) is 13.8 Å². The number of nitrogens with two attached hydrogens (primary N) is 1. The smallest absolute Gasteiger partial charge is 0.276 e. The second kappa shape index (κ2) is 23.2. The summed E-state index contributed by atoms with van der Waals surface area (Å²) in [6.07, 6.45) is 3.98. The molecule has 3 heterocycles. The second-order valence-electron chi connectivity index (χ2n) is 16.0. The van der Waals surface area contributed by atoms with E-state index in [0.717, 1.165) is 25.4 Å². The van der Waals surface area contributed by atoms with Crippen molar-refractivity contribution < 1.29 is 41.7 Å². The summed E-state index contributed by atoms with van der Waals surface area (Å²) in [5.41, 5.74) is 6.35. The molecule has 0 unspecified atom stereocenters. The Morgan fingerprint density at radius 3 is 2.40 bits per heavy atom. The summed E-state index contributed by atoms with van der Waals surface area (Å²) in [4.78, 5) is 79.8. The quantitative estimate of drug-likeness (QED) is 0.0971. The summed E-state index contributed by atoms with van der Waals surface area (Å²) in [6.45, 7) is 6.40. The topological polar surface area (TPSA) is 234 Å². The van der Waals surface area contributed by atoms with Gasteiger partial charge < -0.3 is 41.5 Å². The number of hydrogen-bond acceptors (Lipinski definition) is 13. The van der Waals surface area contributed by atoms with Gasteiger partial charge >= 0.3 is 0 Å². The third kappa shape index (κ3) is 15.0. The fraction of sp³-hybridized carbons (Fsp3) is 0.500. The van der Waals surface area contributed by atoms with Gasteiger partial charge in [-0.3, -0.25) is 28.9 Å². The summed E-state index contributed by atoms with van der Waals surface area (Å²) in [7, 11) is 3.70. The van der Waals surface area contributed by atoms with E-state index < -0.39 is 81.4 Å². The van der Waals surface area contributed by atoms with Crippen LogP contribution < -0.4 is 31.7 Å². The number of anilines is 2. The lowest BCUT2D eigenvalue weighted by atomic mass is 10.0. The molecule has 63 heavy (non-hydrogen) atoms. The number of nitrogens with one attached hydrogen (secondary N) is 4. The first kappa shape index (κ1) is 50.0. The fourth-order valence-electron chi connectivity index (χ4n) is 6.94. The number of carbonyl (C=O) groups is 5. The van der Waals surface area contributed by atoms with Crippen LogP contribution in [0.4, 0.5) is 20.4 Å². The Balaban J connectivity index is 1.42. The highest BCUT2D eigenvalue weighted by Crippen LogP contribution is 2.34. The number of primary amides is 1. The molecule has 4 rings (SSSR count). The number of halogens is 2. The van der Waals surface area contributed by atoms with Crippen molar-refractivity contribution in [2.75, 3.05) is 79.1 Å². The first-order valence-corrected chi connectivity index (χ1v) is 22.5. The summed E-state index contributed by atoms with van der Waals surface area (Å²) in [5.74, 6) is -4.73. The SMILES string of the molecule is CNCCN(C)CCN(C)CC(=O)N[C@@H](CC(N)=O)C(=O)N1CCC[C@H]1C(=O)N[C@H](C(=O)N=[S@@](C)(=O)Cc1ccnc(Nc2cc(-c3ccc(F)cc3OC)c(F)cn2)c1)C(C)C. The van der Waals surface area contributed by atoms with Crippen LogP contribution in [0.1, 0.15) is 38.7 Å². The van der Waals surface area contributed by atoms with Gasteiger partial charge in [0.05, 0.1) is 41.8 Å². The molecule has 0 aliphatic carbocycles. The minimum atomic E-state index is -3.24. The van der Waals surface area contributed by atoms with Crippen molar-refractivity contribution in [1.82, 2.24) is 40.6 Å². The molecule has 344 valence electrons. The van der Waals surface area contributed by atoms with E-state index in [1.165, 1.54) is 42.7 Å². The number of benzene rings is 1. The van der Waals surface area contributed by atoms with E-state index in [1.807, 2.05) is 14.1 Å². The summed E-state index contributed by atoms with van der Waals surface area (Å²) >= 11 is 0. The average Bonchev–Trinajstić information content (AvgIpc) is 3.71. The molecule has 18 nitrogen and oxygen atoms in total. The molecule has 2 aromatic heterocycles. The van der Waals surface area contributed by atoms with Gasteiger partial charge in [-0.15, -0.1) is 0 Å². The molecular formula is C42H59F2N11O7S. The van der Waals surface area contributed by atoms with E-state index in [2.05, 4.69) is 40.5 Å². The predicted octanol–water partition coefficient (Wildman–Crippen LogP) is 1.87. The molecule has 1 fully saturated rings. The largest absolute Gasteiger partial charge is 0.496 e. The summed E-state index contributed by atoms with van der Waals surface area (Å²) < 4.78 is 51.8. The number of amides is 5. The van der Waals surface area contributed by atoms with Gasteiger partial charge in [0, 0.05) is 62.4 Å². The summed E-state index contributed by atoms with van der Waals surface area (Å²) in [5, 5.41) is 11.4. The fourth-order valence-corrected chi connectivity index (χ4v) is 8.30. The van der Waals surface area contributed by atoms with Crippen molar-refractivity contribution in [3.05, 3.63) is 66.0 Å². The molecule has 0 saturated carbocycles. The molecule has 1 aliphatic heterocycles. The molecule has 21 heteroatoms. The van der Waals surface area contributed by atoms with Crippen molar-refractivity contribution in [3.63, 3.8) is 0 Å². The molecule has 0 radical (unpaired) electrons. The van der Waals surface area contributed by atoms with E-state index in [-0.39, 0.29) is 48.2 Å². The maximum atomic E-state index is 14.9. The van der Waals surface area contributed by atoms with Gasteiger partial charge in [0.2, 0.25) is 23.6 Å². The van der Waals surface area contributed by atoms with Crippen LogP contribution in [0.15, 0.2) is 53.2 Å². The zero-order chi connectivity index (χ0) is 46.4. The van der Waals surface area contributed by atoms with E-state index >= 15 is 0 Å². The lowest BCUT2D eigenvalue weighted by Crippen LogP contribution is -2.57. The number of rotatable bonds is 22. The maximum absolute atomic E-state index is 14.9. The second-order valence-corrected chi connectivity index (χ2v) is 18.3. The van der Waals surface area contributed by atoms with Crippen molar-refractivity contribution in [2.24, 2.45) is 16.0 Å². The van der Waals surface area contributed by atoms with Crippen LogP contribution >= 0.6 is 0 Å². The lowest BCUT2D eigenvalue weighted by molar-refractivity contribution is -0.143. The van der Waals surface area contributed by atoms with Crippen molar-refractivity contribution in [1.29, 1.82) is 0 Å². The van der Waals surface area contributed by atoms with Crippen molar-refractivity contribution >= 4 is 50.9 Å². The summed E-state index contributed by atoms with van der Waals surface area (Å²) in [6, 6.07) is 4.75. The maximum Gasteiger partial charge on any atom is 0.276 e. The molecule has 0 bridgehead atoms. The van der Waals surface area contributed by atoms with Crippen LogP contribution in [0.5, 0.6) is 5.75 Å². The Morgan fingerprint density at radius 1 is 1.00 bits per heavy atom. The number of aromatic nitrogens is 2. The highest BCUT2D eigenvalue weighted by molar-refractivity contribution is 7.92. The lowest BCUT2D eigenvalue weighted by Gasteiger charge is -2.30. The number of methoxy groups -OCH3 is 1. The minimum Gasteiger partial charge on any atom is -0.496 e. The van der Waals surface area contributed by atoms with E-state index in [4.69, 9.17) is 10.5 Å². The van der Waals surface area contributed by atoms with Crippen LogP contribution in [0, 0.1) is 17.6 Å². The average molecular weight is 900 g/mol. The molecular weight excluding hydrogens is 841 g/mol. The van der Waals surface area contributed by atoms with Gasteiger partial charge in [0.1, 0.15) is 47.1 Å². The van der Waals surface area contributed by atoms with Crippen molar-refractivity contribution in [2.45, 2.75) is 57.0 Å². The highest BCUT2D eigenvalue weighted by Gasteiger charge is 2.40. The van der Waals surface area contributed by atoms with E-state index in [1.54, 1.807) is 37.9 Å². The zero-order valence-electron chi connectivity index (χ0n) is 36.8. The zero-order valence-corrected chi connectivity index (χ0v) is 37.6. The van der Waals surface area contributed by atoms with Crippen LogP contribution in [-0.4, -0.2) is 150 Å². The van der Waals surface area contributed by atoms with Gasteiger partial charge in [0.15, 0.2) is 0 Å². The number of nitrogens with zero attached hydrogens (tertiary/aromatic N) is 6. The number of likely N-dealkylation sites (N-methyl/N-ethyl adjacent to an activating group) is 3. The standard InChI is InChI=1S/C42H59F2N11O7S/c1-26(2)39(51-40(58)33-9-8-15-55(33)42(60)32(22-35(45)56)49-38(57)24-54(5)18-17-53(4)16-14-46-3)41(59)52-63(7,61)25-27-12-13-47-36(19-27)50-37-21-30(31(44)23-48-37)29-11-10-28(43)20-34(29)62-6/h10-13,19-21,23,26,32-33,39,46H,8-9,14-18,22,24-25H2,1-7H3,(H2,45,56)(H,49,57)(H,51,58)(H,47,48,50)/t32-,33-,39-,63-/m0/s1. The van der Waals surface area contributed by atoms with Crippen LogP contribution in [0.25, 0.3) is 11.1 Å². The molecule has 1 aromatic carbocycles. The molecule has 5 amide bonds. The van der Waals surface area contributed by atoms with Gasteiger partial charge in [-0.2, -0.15) is 4.36 Å². The monoisotopic (exact) mass is 899 g/mol. The number of carbonyl (C=O) groups excluding carboxylic acids is 5. The Labute approximate surface area is 367 Å². The minimum absolute atomic E-state index is 0.0432. The predicted molar refractivity (Wildman–Crippen MR) is 235 cm³/mol. The molecule has 1 saturated heterocycles. The van der Waals surface area contributed by atoms with E-state index in [0.29, 0.717) is 30.6 Å². The third-order valence-corrected chi connectivity index (χ3v) is 11.7. The molecule has 6 N–H and O–H groups in total. The van der Waals surface area contributed by atoms with Crippen LogP contribution in [0.3, 0.4) is 0 Å². The molecule has 1 aliphatic rings.